The van der Waals surface area contributed by atoms with Crippen LogP contribution < -0.4 is 4.74 Å². The van der Waals surface area contributed by atoms with E-state index in [1.807, 2.05) is 24.3 Å². The molecule has 0 atom stereocenters. The molecule has 1 aromatic carbocycles. The molecular formula is C15H10ClNO3S. The zero-order valence-electron chi connectivity index (χ0n) is 10.7. The van der Waals surface area contributed by atoms with Crippen molar-refractivity contribution < 1.29 is 14.6 Å². The van der Waals surface area contributed by atoms with E-state index in [9.17, 15) is 9.90 Å². The maximum Gasteiger partial charge on any atom is 0.346 e. The van der Waals surface area contributed by atoms with Gasteiger partial charge in [-0.3, -0.25) is 4.98 Å². The number of benzene rings is 1. The van der Waals surface area contributed by atoms with E-state index in [1.165, 1.54) is 17.5 Å². The molecule has 0 amide bonds. The lowest BCUT2D eigenvalue weighted by Gasteiger charge is -2.06. The summed E-state index contributed by atoms with van der Waals surface area (Å²) in [5, 5.41) is 10.7. The minimum atomic E-state index is -0.945. The molecule has 3 rings (SSSR count). The number of aromatic nitrogens is 1. The van der Waals surface area contributed by atoms with Crippen molar-refractivity contribution in [2.75, 3.05) is 0 Å². The highest BCUT2D eigenvalue weighted by Crippen LogP contribution is 2.32. The van der Waals surface area contributed by atoms with Gasteiger partial charge in [0.1, 0.15) is 17.2 Å². The molecule has 0 saturated heterocycles. The first-order chi connectivity index (χ1) is 10.1. The Balaban J connectivity index is 1.95. The van der Waals surface area contributed by atoms with Crippen LogP contribution in [0.5, 0.6) is 5.75 Å². The van der Waals surface area contributed by atoms with Gasteiger partial charge in [0, 0.05) is 22.5 Å². The number of thiophene rings is 1. The number of nitrogens with zero attached hydrogens (tertiary/aromatic N) is 1. The Bertz CT molecular complexity index is 816. The van der Waals surface area contributed by atoms with Crippen LogP contribution in [0.3, 0.4) is 0 Å². The SMILES string of the molecule is O=C(O)c1sc2ccccc2c1COc1cncc(Cl)c1. The molecule has 4 nitrogen and oxygen atoms in total. The van der Waals surface area contributed by atoms with Gasteiger partial charge in [0.15, 0.2) is 0 Å². The summed E-state index contributed by atoms with van der Waals surface area (Å²) >= 11 is 7.10. The maximum absolute atomic E-state index is 11.4. The standard InChI is InChI=1S/C15H10ClNO3S/c16-9-5-10(7-17-6-9)20-8-12-11-3-1-2-4-13(11)21-14(12)15(18)19/h1-7H,8H2,(H,18,19). The number of rotatable bonds is 4. The molecule has 0 unspecified atom stereocenters. The Morgan fingerprint density at radius 3 is 2.90 bits per heavy atom. The Morgan fingerprint density at radius 2 is 2.14 bits per heavy atom. The highest BCUT2D eigenvalue weighted by molar-refractivity contribution is 7.21. The number of carbonyl (C=O) groups is 1. The molecule has 2 heterocycles. The summed E-state index contributed by atoms with van der Waals surface area (Å²) in [5.74, 6) is -0.437. The third kappa shape index (κ3) is 2.84. The van der Waals surface area contributed by atoms with Crippen LogP contribution in [0, 0.1) is 0 Å². The van der Waals surface area contributed by atoms with E-state index in [-0.39, 0.29) is 6.61 Å². The number of fused-ring (bicyclic) bond motifs is 1. The Hall–Kier alpha value is -2.11. The van der Waals surface area contributed by atoms with Crippen molar-refractivity contribution in [1.29, 1.82) is 0 Å². The van der Waals surface area contributed by atoms with Gasteiger partial charge in [-0.1, -0.05) is 29.8 Å². The molecular weight excluding hydrogens is 310 g/mol. The number of hydrogen-bond donors (Lipinski definition) is 1. The van der Waals surface area contributed by atoms with Crippen LogP contribution in [0.25, 0.3) is 10.1 Å². The number of ether oxygens (including phenoxy) is 1. The van der Waals surface area contributed by atoms with E-state index in [0.29, 0.717) is 21.2 Å². The minimum Gasteiger partial charge on any atom is -0.487 e. The van der Waals surface area contributed by atoms with Crippen molar-refractivity contribution in [3.05, 3.63) is 58.2 Å². The molecule has 0 spiro atoms. The Morgan fingerprint density at radius 1 is 1.33 bits per heavy atom. The van der Waals surface area contributed by atoms with Gasteiger partial charge in [0.05, 0.1) is 11.2 Å². The quantitative estimate of drug-likeness (QED) is 0.782. The predicted molar refractivity (Wildman–Crippen MR) is 82.4 cm³/mol. The predicted octanol–water partition coefficient (Wildman–Crippen LogP) is 4.23. The van der Waals surface area contributed by atoms with Crippen molar-refractivity contribution in [3.8, 4) is 5.75 Å². The molecule has 21 heavy (non-hydrogen) atoms. The van der Waals surface area contributed by atoms with Gasteiger partial charge in [0.25, 0.3) is 0 Å². The van der Waals surface area contributed by atoms with E-state index >= 15 is 0 Å². The fraction of sp³-hybridized carbons (Fsp3) is 0.0667. The highest BCUT2D eigenvalue weighted by atomic mass is 35.5. The summed E-state index contributed by atoms with van der Waals surface area (Å²) in [6.07, 6.45) is 3.05. The molecule has 2 aromatic heterocycles. The fourth-order valence-corrected chi connectivity index (χ4v) is 3.25. The van der Waals surface area contributed by atoms with Crippen molar-refractivity contribution in [2.24, 2.45) is 0 Å². The third-order valence-electron chi connectivity index (χ3n) is 2.96. The van der Waals surface area contributed by atoms with E-state index in [2.05, 4.69) is 4.98 Å². The number of carboxylic acid groups (broad SMARTS) is 1. The fourth-order valence-electron chi connectivity index (χ4n) is 2.04. The lowest BCUT2D eigenvalue weighted by molar-refractivity contribution is 0.0699. The van der Waals surface area contributed by atoms with Crippen molar-refractivity contribution in [1.82, 2.24) is 4.98 Å². The number of halogens is 1. The second-order valence-electron chi connectivity index (χ2n) is 4.34. The van der Waals surface area contributed by atoms with Crippen LogP contribution in [-0.2, 0) is 6.61 Å². The normalized spacial score (nSPS) is 10.7. The monoisotopic (exact) mass is 319 g/mol. The zero-order valence-corrected chi connectivity index (χ0v) is 12.3. The number of carboxylic acids is 1. The molecule has 6 heteroatoms. The first kappa shape index (κ1) is 13.9. The van der Waals surface area contributed by atoms with Crippen LogP contribution in [0.15, 0.2) is 42.7 Å². The summed E-state index contributed by atoms with van der Waals surface area (Å²) in [5.41, 5.74) is 0.670. The maximum atomic E-state index is 11.4. The van der Waals surface area contributed by atoms with E-state index in [0.717, 1.165) is 10.1 Å². The average Bonchev–Trinajstić information content (AvgIpc) is 2.84. The van der Waals surface area contributed by atoms with Gasteiger partial charge >= 0.3 is 5.97 Å². The molecule has 0 bridgehead atoms. The molecule has 1 N–H and O–H groups in total. The van der Waals surface area contributed by atoms with Crippen LogP contribution >= 0.6 is 22.9 Å². The van der Waals surface area contributed by atoms with Gasteiger partial charge in [-0.15, -0.1) is 11.3 Å². The summed E-state index contributed by atoms with van der Waals surface area (Å²) < 4.78 is 6.55. The molecule has 106 valence electrons. The summed E-state index contributed by atoms with van der Waals surface area (Å²) in [6, 6.07) is 9.20. The zero-order chi connectivity index (χ0) is 14.8. The highest BCUT2D eigenvalue weighted by Gasteiger charge is 2.17. The largest absolute Gasteiger partial charge is 0.487 e. The van der Waals surface area contributed by atoms with Gasteiger partial charge in [0.2, 0.25) is 0 Å². The molecule has 0 aliphatic carbocycles. The van der Waals surface area contributed by atoms with Crippen molar-refractivity contribution >= 4 is 39.0 Å². The van der Waals surface area contributed by atoms with Crippen molar-refractivity contribution in [3.63, 3.8) is 0 Å². The molecule has 3 aromatic rings. The summed E-state index contributed by atoms with van der Waals surface area (Å²) in [7, 11) is 0. The lowest BCUT2D eigenvalue weighted by Crippen LogP contribution is -2.02. The van der Waals surface area contributed by atoms with Gasteiger partial charge < -0.3 is 9.84 Å². The van der Waals surface area contributed by atoms with Gasteiger partial charge in [-0.25, -0.2) is 4.79 Å². The number of pyridine rings is 1. The Kier molecular flexibility index (Phi) is 3.77. The van der Waals surface area contributed by atoms with Crippen LogP contribution in [0.4, 0.5) is 0 Å². The summed E-state index contributed by atoms with van der Waals surface area (Å²) in [4.78, 5) is 15.6. The Labute approximate surface area is 129 Å². The van der Waals surface area contributed by atoms with Crippen LogP contribution in [0.2, 0.25) is 5.02 Å². The topological polar surface area (TPSA) is 59.4 Å². The van der Waals surface area contributed by atoms with E-state index in [1.54, 1.807) is 12.3 Å². The lowest BCUT2D eigenvalue weighted by atomic mass is 10.1. The summed E-state index contributed by atoms with van der Waals surface area (Å²) in [6.45, 7) is 0.160. The molecule has 0 radical (unpaired) electrons. The van der Waals surface area contributed by atoms with Gasteiger partial charge in [-0.05, 0) is 11.5 Å². The smallest absolute Gasteiger partial charge is 0.346 e. The second kappa shape index (κ2) is 5.71. The molecule has 0 fully saturated rings. The van der Waals surface area contributed by atoms with Crippen molar-refractivity contribution in [2.45, 2.75) is 6.61 Å². The average molecular weight is 320 g/mol. The first-order valence-electron chi connectivity index (χ1n) is 6.12. The third-order valence-corrected chi connectivity index (χ3v) is 4.36. The van der Waals surface area contributed by atoms with Crippen LogP contribution in [0.1, 0.15) is 15.2 Å². The van der Waals surface area contributed by atoms with Gasteiger partial charge in [-0.2, -0.15) is 0 Å². The molecule has 0 aliphatic heterocycles. The van der Waals surface area contributed by atoms with E-state index in [4.69, 9.17) is 16.3 Å². The number of aromatic carboxylic acids is 1. The van der Waals surface area contributed by atoms with Crippen LogP contribution in [-0.4, -0.2) is 16.1 Å². The molecule has 0 aliphatic rings. The second-order valence-corrected chi connectivity index (χ2v) is 5.83. The van der Waals surface area contributed by atoms with E-state index < -0.39 is 5.97 Å². The molecule has 0 saturated carbocycles. The number of hydrogen-bond acceptors (Lipinski definition) is 4. The minimum absolute atomic E-state index is 0.160. The first-order valence-corrected chi connectivity index (χ1v) is 7.31.